The SMILES string of the molecule is CC(C)=CC(=O)Nc1nc2ccccc2[nH]1. The minimum Gasteiger partial charge on any atom is -0.324 e. The molecule has 1 aromatic heterocycles. The van der Waals surface area contributed by atoms with E-state index in [9.17, 15) is 4.79 Å². The first-order chi connectivity index (χ1) is 7.65. The van der Waals surface area contributed by atoms with Crippen molar-refractivity contribution in [1.29, 1.82) is 0 Å². The summed E-state index contributed by atoms with van der Waals surface area (Å²) in [7, 11) is 0. The number of carbonyl (C=O) groups excluding carboxylic acids is 1. The second kappa shape index (κ2) is 4.18. The molecular formula is C12H13N3O. The van der Waals surface area contributed by atoms with Crippen LogP contribution >= 0.6 is 0 Å². The summed E-state index contributed by atoms with van der Waals surface area (Å²) in [5.41, 5.74) is 2.71. The van der Waals surface area contributed by atoms with Crippen molar-refractivity contribution >= 4 is 22.9 Å². The standard InChI is InChI=1S/C12H13N3O/c1-8(2)7-11(16)15-12-13-9-5-3-4-6-10(9)14-12/h3-7H,1-2H3,(H2,13,14,15,16). The van der Waals surface area contributed by atoms with Crippen LogP contribution in [-0.2, 0) is 4.79 Å². The van der Waals surface area contributed by atoms with Crippen molar-refractivity contribution < 1.29 is 4.79 Å². The Hall–Kier alpha value is -2.10. The Morgan fingerprint density at radius 3 is 2.81 bits per heavy atom. The second-order valence-corrected chi connectivity index (χ2v) is 3.81. The fraction of sp³-hybridized carbons (Fsp3) is 0.167. The van der Waals surface area contributed by atoms with Crippen molar-refractivity contribution in [3.05, 3.63) is 35.9 Å². The first kappa shape index (κ1) is 10.4. The molecule has 16 heavy (non-hydrogen) atoms. The van der Waals surface area contributed by atoms with Gasteiger partial charge in [-0.1, -0.05) is 17.7 Å². The van der Waals surface area contributed by atoms with E-state index in [1.807, 2.05) is 38.1 Å². The van der Waals surface area contributed by atoms with Gasteiger partial charge in [-0.15, -0.1) is 0 Å². The number of hydrogen-bond acceptors (Lipinski definition) is 2. The van der Waals surface area contributed by atoms with E-state index in [2.05, 4.69) is 15.3 Å². The number of nitrogens with one attached hydrogen (secondary N) is 2. The number of anilines is 1. The Balaban J connectivity index is 2.22. The van der Waals surface area contributed by atoms with Crippen molar-refractivity contribution in [2.45, 2.75) is 13.8 Å². The zero-order valence-electron chi connectivity index (χ0n) is 9.24. The van der Waals surface area contributed by atoms with E-state index >= 15 is 0 Å². The summed E-state index contributed by atoms with van der Waals surface area (Å²) < 4.78 is 0. The number of benzene rings is 1. The largest absolute Gasteiger partial charge is 0.324 e. The van der Waals surface area contributed by atoms with Gasteiger partial charge < -0.3 is 4.98 Å². The number of fused-ring (bicyclic) bond motifs is 1. The van der Waals surface area contributed by atoms with E-state index in [1.165, 1.54) is 6.08 Å². The molecule has 0 aliphatic rings. The molecule has 1 heterocycles. The summed E-state index contributed by atoms with van der Waals surface area (Å²) >= 11 is 0. The molecule has 0 aliphatic carbocycles. The second-order valence-electron chi connectivity index (χ2n) is 3.81. The predicted molar refractivity (Wildman–Crippen MR) is 64.2 cm³/mol. The molecule has 4 nitrogen and oxygen atoms in total. The Morgan fingerprint density at radius 1 is 1.38 bits per heavy atom. The van der Waals surface area contributed by atoms with Gasteiger partial charge in [0, 0.05) is 6.08 Å². The first-order valence-corrected chi connectivity index (χ1v) is 5.06. The number of carbonyl (C=O) groups is 1. The van der Waals surface area contributed by atoms with Crippen molar-refractivity contribution in [3.8, 4) is 0 Å². The summed E-state index contributed by atoms with van der Waals surface area (Å²) in [6.07, 6.45) is 1.53. The van der Waals surface area contributed by atoms with Gasteiger partial charge in [0.25, 0.3) is 5.91 Å². The molecule has 0 fully saturated rings. The molecule has 1 amide bonds. The average molecular weight is 215 g/mol. The molecule has 82 valence electrons. The molecule has 0 saturated carbocycles. The van der Waals surface area contributed by atoms with Crippen LogP contribution < -0.4 is 5.32 Å². The number of nitrogens with zero attached hydrogens (tertiary/aromatic N) is 1. The van der Waals surface area contributed by atoms with Crippen LogP contribution in [0.2, 0.25) is 0 Å². The van der Waals surface area contributed by atoms with Crippen molar-refractivity contribution in [2.24, 2.45) is 0 Å². The van der Waals surface area contributed by atoms with Crippen LogP contribution in [0.25, 0.3) is 11.0 Å². The van der Waals surface area contributed by atoms with Crippen molar-refractivity contribution in [1.82, 2.24) is 9.97 Å². The number of hydrogen-bond donors (Lipinski definition) is 2. The molecule has 0 radical (unpaired) electrons. The highest BCUT2D eigenvalue weighted by atomic mass is 16.1. The number of allylic oxidation sites excluding steroid dienone is 1. The third kappa shape index (κ3) is 2.28. The number of para-hydroxylation sites is 2. The average Bonchev–Trinajstić information content (AvgIpc) is 2.57. The van der Waals surface area contributed by atoms with Gasteiger partial charge in [-0.25, -0.2) is 4.98 Å². The molecule has 0 bridgehead atoms. The molecule has 0 unspecified atom stereocenters. The van der Waals surface area contributed by atoms with Gasteiger partial charge in [0.2, 0.25) is 5.95 Å². The fourth-order valence-corrected chi connectivity index (χ4v) is 1.43. The quantitative estimate of drug-likeness (QED) is 0.756. The van der Waals surface area contributed by atoms with Crippen LogP contribution in [0.1, 0.15) is 13.8 Å². The number of imidazole rings is 1. The summed E-state index contributed by atoms with van der Waals surface area (Å²) in [6.45, 7) is 3.75. The number of H-pyrrole nitrogens is 1. The van der Waals surface area contributed by atoms with Gasteiger partial charge in [-0.2, -0.15) is 0 Å². The van der Waals surface area contributed by atoms with Gasteiger partial charge in [-0.3, -0.25) is 10.1 Å². The van der Waals surface area contributed by atoms with Gasteiger partial charge in [-0.05, 0) is 26.0 Å². The zero-order chi connectivity index (χ0) is 11.5. The van der Waals surface area contributed by atoms with Gasteiger partial charge in [0.1, 0.15) is 0 Å². The van der Waals surface area contributed by atoms with Crippen molar-refractivity contribution in [2.75, 3.05) is 5.32 Å². The van der Waals surface area contributed by atoms with Gasteiger partial charge >= 0.3 is 0 Å². The number of aromatic amines is 1. The van der Waals surface area contributed by atoms with Gasteiger partial charge in [0.05, 0.1) is 11.0 Å². The van der Waals surface area contributed by atoms with Crippen LogP contribution in [0, 0.1) is 0 Å². The fourth-order valence-electron chi connectivity index (χ4n) is 1.43. The molecule has 2 N–H and O–H groups in total. The highest BCUT2D eigenvalue weighted by Gasteiger charge is 2.03. The number of aromatic nitrogens is 2. The highest BCUT2D eigenvalue weighted by molar-refractivity contribution is 5.99. The van der Waals surface area contributed by atoms with Gasteiger partial charge in [0.15, 0.2) is 0 Å². The molecule has 0 atom stereocenters. The lowest BCUT2D eigenvalue weighted by Crippen LogP contribution is -2.09. The molecule has 1 aromatic carbocycles. The Labute approximate surface area is 93.4 Å². The lowest BCUT2D eigenvalue weighted by Gasteiger charge is -1.96. The first-order valence-electron chi connectivity index (χ1n) is 5.06. The maximum atomic E-state index is 11.5. The zero-order valence-corrected chi connectivity index (χ0v) is 9.24. The van der Waals surface area contributed by atoms with Crippen LogP contribution in [0.3, 0.4) is 0 Å². The predicted octanol–water partition coefficient (Wildman–Crippen LogP) is 2.47. The maximum Gasteiger partial charge on any atom is 0.250 e. The summed E-state index contributed by atoms with van der Waals surface area (Å²) in [4.78, 5) is 18.7. The summed E-state index contributed by atoms with van der Waals surface area (Å²) in [5.74, 6) is 0.308. The van der Waals surface area contributed by atoms with Crippen molar-refractivity contribution in [3.63, 3.8) is 0 Å². The lowest BCUT2D eigenvalue weighted by atomic mass is 10.3. The van der Waals surface area contributed by atoms with E-state index in [1.54, 1.807) is 0 Å². The lowest BCUT2D eigenvalue weighted by molar-refractivity contribution is -0.112. The van der Waals surface area contributed by atoms with E-state index in [0.717, 1.165) is 16.6 Å². The molecule has 0 aliphatic heterocycles. The highest BCUT2D eigenvalue weighted by Crippen LogP contribution is 2.13. The van der Waals surface area contributed by atoms with Crippen LogP contribution in [0.4, 0.5) is 5.95 Å². The summed E-state index contributed by atoms with van der Waals surface area (Å²) in [6, 6.07) is 7.63. The topological polar surface area (TPSA) is 57.8 Å². The smallest absolute Gasteiger partial charge is 0.250 e. The minimum absolute atomic E-state index is 0.168. The van der Waals surface area contributed by atoms with Crippen LogP contribution in [0.5, 0.6) is 0 Å². The summed E-state index contributed by atoms with van der Waals surface area (Å²) in [5, 5.41) is 2.68. The Kier molecular flexibility index (Phi) is 2.72. The van der Waals surface area contributed by atoms with Crippen LogP contribution in [0.15, 0.2) is 35.9 Å². The van der Waals surface area contributed by atoms with E-state index in [4.69, 9.17) is 0 Å². The van der Waals surface area contributed by atoms with E-state index < -0.39 is 0 Å². The monoisotopic (exact) mass is 215 g/mol. The maximum absolute atomic E-state index is 11.5. The third-order valence-corrected chi connectivity index (χ3v) is 2.05. The number of amides is 1. The number of rotatable bonds is 2. The third-order valence-electron chi connectivity index (χ3n) is 2.05. The molecule has 0 saturated heterocycles. The normalized spacial score (nSPS) is 10.1. The molecule has 2 aromatic rings. The molecule has 4 heteroatoms. The van der Waals surface area contributed by atoms with E-state index in [0.29, 0.717) is 5.95 Å². The van der Waals surface area contributed by atoms with E-state index in [-0.39, 0.29) is 5.91 Å². The minimum atomic E-state index is -0.168. The Bertz CT molecular complexity index is 517. The molecular weight excluding hydrogens is 202 g/mol. The Morgan fingerprint density at radius 2 is 2.12 bits per heavy atom. The molecule has 2 rings (SSSR count). The van der Waals surface area contributed by atoms with Crippen LogP contribution in [-0.4, -0.2) is 15.9 Å². The molecule has 0 spiro atoms.